The maximum absolute atomic E-state index is 12.8. The molecule has 1 heterocycles. The highest BCUT2D eigenvalue weighted by molar-refractivity contribution is 9.10. The van der Waals surface area contributed by atoms with Crippen LogP contribution in [0.3, 0.4) is 0 Å². The summed E-state index contributed by atoms with van der Waals surface area (Å²) < 4.78 is 44.5. The summed E-state index contributed by atoms with van der Waals surface area (Å²) in [5.74, 6) is -0.104. The van der Waals surface area contributed by atoms with E-state index in [-0.39, 0.29) is 0 Å². The van der Waals surface area contributed by atoms with Crippen LogP contribution in [0.1, 0.15) is 11.1 Å². The van der Waals surface area contributed by atoms with Crippen LogP contribution in [0.4, 0.5) is 13.2 Å². The van der Waals surface area contributed by atoms with Crippen molar-refractivity contribution < 1.29 is 17.9 Å². The van der Waals surface area contributed by atoms with Gasteiger partial charge in [0.25, 0.3) is 0 Å². The zero-order valence-corrected chi connectivity index (χ0v) is 11.4. The number of aryl methyl sites for hydroxylation is 1. The standard InChI is InChI=1S/C13H9BrF3NO/c1-8-7-9(14)4-5-11(8)19-12-10(13(15,16)17)3-2-6-18-12/h2-7H,1H3. The number of nitrogens with zero attached hydrogens (tertiary/aromatic N) is 1. The van der Waals surface area contributed by atoms with Gasteiger partial charge in [-0.2, -0.15) is 13.2 Å². The lowest BCUT2D eigenvalue weighted by Gasteiger charge is -2.13. The van der Waals surface area contributed by atoms with Crippen LogP contribution < -0.4 is 4.74 Å². The summed E-state index contributed by atoms with van der Waals surface area (Å²) in [7, 11) is 0. The Hall–Kier alpha value is -1.56. The molecule has 1 aromatic carbocycles. The van der Waals surface area contributed by atoms with Crippen molar-refractivity contribution in [2.45, 2.75) is 13.1 Å². The van der Waals surface area contributed by atoms with Crippen LogP contribution in [0.5, 0.6) is 11.6 Å². The van der Waals surface area contributed by atoms with E-state index in [1.807, 2.05) is 0 Å². The monoisotopic (exact) mass is 331 g/mol. The van der Waals surface area contributed by atoms with Crippen molar-refractivity contribution in [3.63, 3.8) is 0 Å². The minimum Gasteiger partial charge on any atom is -0.438 e. The zero-order chi connectivity index (χ0) is 14.0. The molecule has 2 rings (SSSR count). The molecule has 0 aliphatic heterocycles. The van der Waals surface area contributed by atoms with E-state index in [4.69, 9.17) is 4.74 Å². The summed E-state index contributed by atoms with van der Waals surface area (Å²) in [6.45, 7) is 1.75. The van der Waals surface area contributed by atoms with Gasteiger partial charge in [-0.1, -0.05) is 15.9 Å². The lowest BCUT2D eigenvalue weighted by Crippen LogP contribution is -2.08. The Morgan fingerprint density at radius 1 is 1.21 bits per heavy atom. The first-order valence-electron chi connectivity index (χ1n) is 5.34. The topological polar surface area (TPSA) is 22.1 Å². The Kier molecular flexibility index (Phi) is 3.80. The molecule has 1 aromatic heterocycles. The van der Waals surface area contributed by atoms with Crippen LogP contribution in [0.2, 0.25) is 0 Å². The maximum atomic E-state index is 12.8. The average molecular weight is 332 g/mol. The number of benzene rings is 1. The molecule has 0 bridgehead atoms. The van der Waals surface area contributed by atoms with Gasteiger partial charge in [-0.05, 0) is 42.8 Å². The average Bonchev–Trinajstić information content (AvgIpc) is 2.32. The number of halogens is 4. The summed E-state index contributed by atoms with van der Waals surface area (Å²) in [5, 5.41) is 0. The predicted octanol–water partition coefficient (Wildman–Crippen LogP) is 4.96. The third-order valence-corrected chi connectivity index (χ3v) is 2.91. The molecule has 2 nitrogen and oxygen atoms in total. The van der Waals surface area contributed by atoms with E-state index < -0.39 is 17.6 Å². The molecule has 0 unspecified atom stereocenters. The highest BCUT2D eigenvalue weighted by Crippen LogP contribution is 2.37. The fourth-order valence-electron chi connectivity index (χ4n) is 1.52. The van der Waals surface area contributed by atoms with E-state index in [1.165, 1.54) is 12.3 Å². The van der Waals surface area contributed by atoms with Crippen LogP contribution in [0, 0.1) is 6.92 Å². The van der Waals surface area contributed by atoms with Crippen LogP contribution in [0.25, 0.3) is 0 Å². The quantitative estimate of drug-likeness (QED) is 0.775. The van der Waals surface area contributed by atoms with Crippen LogP contribution in [-0.2, 0) is 6.18 Å². The minimum absolute atomic E-state index is 0.340. The van der Waals surface area contributed by atoms with Crippen molar-refractivity contribution in [1.82, 2.24) is 4.98 Å². The molecule has 19 heavy (non-hydrogen) atoms. The highest BCUT2D eigenvalue weighted by atomic mass is 79.9. The van der Waals surface area contributed by atoms with E-state index in [1.54, 1.807) is 25.1 Å². The summed E-state index contributed by atoms with van der Waals surface area (Å²) in [6.07, 6.45) is -3.23. The van der Waals surface area contributed by atoms with Crippen LogP contribution in [-0.4, -0.2) is 4.98 Å². The van der Waals surface area contributed by atoms with Crippen molar-refractivity contribution in [2.75, 3.05) is 0 Å². The molecular formula is C13H9BrF3NO. The first kappa shape index (κ1) is 13.9. The fraction of sp³-hybridized carbons (Fsp3) is 0.154. The first-order chi connectivity index (χ1) is 8.88. The Balaban J connectivity index is 2.39. The summed E-state index contributed by atoms with van der Waals surface area (Å²) in [4.78, 5) is 3.65. The molecule has 0 atom stereocenters. The summed E-state index contributed by atoms with van der Waals surface area (Å²) in [6, 6.07) is 7.21. The van der Waals surface area contributed by atoms with Gasteiger partial charge in [0.1, 0.15) is 11.3 Å². The Labute approximate surface area is 116 Å². The SMILES string of the molecule is Cc1cc(Br)ccc1Oc1ncccc1C(F)(F)F. The van der Waals surface area contributed by atoms with Gasteiger partial charge in [0.2, 0.25) is 5.88 Å². The number of aromatic nitrogens is 1. The molecule has 0 aliphatic rings. The van der Waals surface area contributed by atoms with E-state index >= 15 is 0 Å². The van der Waals surface area contributed by atoms with Gasteiger partial charge >= 0.3 is 6.18 Å². The van der Waals surface area contributed by atoms with E-state index in [9.17, 15) is 13.2 Å². The molecule has 0 amide bonds. The van der Waals surface area contributed by atoms with Gasteiger partial charge in [0.15, 0.2) is 0 Å². The van der Waals surface area contributed by atoms with Crippen LogP contribution >= 0.6 is 15.9 Å². The Bertz CT molecular complexity index is 599. The van der Waals surface area contributed by atoms with E-state index in [2.05, 4.69) is 20.9 Å². The molecule has 100 valence electrons. The molecule has 0 radical (unpaired) electrons. The molecule has 0 saturated carbocycles. The molecule has 6 heteroatoms. The number of hydrogen-bond donors (Lipinski definition) is 0. The lowest BCUT2D eigenvalue weighted by atomic mass is 10.2. The largest absolute Gasteiger partial charge is 0.438 e. The van der Waals surface area contributed by atoms with Gasteiger partial charge in [-0.15, -0.1) is 0 Å². The summed E-state index contributed by atoms with van der Waals surface area (Å²) in [5.41, 5.74) is -0.175. The van der Waals surface area contributed by atoms with Crippen molar-refractivity contribution in [3.05, 3.63) is 52.1 Å². The highest BCUT2D eigenvalue weighted by Gasteiger charge is 2.35. The second-order valence-electron chi connectivity index (χ2n) is 3.87. The lowest BCUT2D eigenvalue weighted by molar-refractivity contribution is -0.138. The Morgan fingerprint density at radius 2 is 1.95 bits per heavy atom. The number of rotatable bonds is 2. The number of pyridine rings is 1. The molecular weight excluding hydrogens is 323 g/mol. The molecule has 0 spiro atoms. The molecule has 0 fully saturated rings. The fourth-order valence-corrected chi connectivity index (χ4v) is 1.99. The van der Waals surface area contributed by atoms with Crippen molar-refractivity contribution in [2.24, 2.45) is 0 Å². The van der Waals surface area contributed by atoms with Gasteiger partial charge in [0.05, 0.1) is 0 Å². The minimum atomic E-state index is -4.49. The third kappa shape index (κ3) is 3.26. The zero-order valence-electron chi connectivity index (χ0n) is 9.83. The van der Waals surface area contributed by atoms with Crippen molar-refractivity contribution in [3.8, 4) is 11.6 Å². The van der Waals surface area contributed by atoms with Gasteiger partial charge in [-0.3, -0.25) is 0 Å². The van der Waals surface area contributed by atoms with E-state index in [0.717, 1.165) is 10.5 Å². The third-order valence-electron chi connectivity index (χ3n) is 2.42. The molecule has 2 aromatic rings. The smallest absolute Gasteiger partial charge is 0.421 e. The van der Waals surface area contributed by atoms with Gasteiger partial charge < -0.3 is 4.74 Å². The van der Waals surface area contributed by atoms with Gasteiger partial charge in [-0.25, -0.2) is 4.98 Å². The maximum Gasteiger partial charge on any atom is 0.421 e. The summed E-state index contributed by atoms with van der Waals surface area (Å²) >= 11 is 3.28. The van der Waals surface area contributed by atoms with Crippen molar-refractivity contribution >= 4 is 15.9 Å². The second-order valence-corrected chi connectivity index (χ2v) is 4.78. The number of hydrogen-bond acceptors (Lipinski definition) is 2. The molecule has 0 N–H and O–H groups in total. The first-order valence-corrected chi connectivity index (χ1v) is 6.13. The second kappa shape index (κ2) is 5.21. The van der Waals surface area contributed by atoms with Gasteiger partial charge in [0, 0.05) is 10.7 Å². The molecule has 0 saturated heterocycles. The normalized spacial score (nSPS) is 11.4. The van der Waals surface area contributed by atoms with Crippen molar-refractivity contribution in [1.29, 1.82) is 0 Å². The van der Waals surface area contributed by atoms with Crippen LogP contribution in [0.15, 0.2) is 41.0 Å². The van der Waals surface area contributed by atoms with E-state index in [0.29, 0.717) is 11.3 Å². The number of ether oxygens (including phenoxy) is 1. The number of alkyl halides is 3. The molecule has 0 aliphatic carbocycles. The Morgan fingerprint density at radius 3 is 2.58 bits per heavy atom. The predicted molar refractivity (Wildman–Crippen MR) is 68.2 cm³/mol.